The van der Waals surface area contributed by atoms with Crippen LogP contribution in [0.15, 0.2) is 12.4 Å². The predicted molar refractivity (Wildman–Crippen MR) is 84.1 cm³/mol. The molecule has 116 valence electrons. The zero-order chi connectivity index (χ0) is 15.2. The first kappa shape index (κ1) is 14.2. The van der Waals surface area contributed by atoms with Gasteiger partial charge in [-0.05, 0) is 12.8 Å². The maximum atomic E-state index is 5.67. The molecule has 2 N–H and O–H groups in total. The number of aromatic nitrogens is 3. The molecule has 1 saturated carbocycles. The monoisotopic (exact) mass is 317 g/mol. The molecule has 0 aromatic carbocycles. The second-order valence-corrected chi connectivity index (χ2v) is 7.05. The maximum Gasteiger partial charge on any atom is 0.166 e. The lowest BCUT2D eigenvalue weighted by atomic mass is 10.1. The Kier molecular flexibility index (Phi) is 3.45. The first-order valence-electron chi connectivity index (χ1n) is 7.62. The summed E-state index contributed by atoms with van der Waals surface area (Å²) in [6.45, 7) is 4.82. The van der Waals surface area contributed by atoms with Gasteiger partial charge in [-0.15, -0.1) is 11.3 Å². The molecule has 0 bridgehead atoms. The molecular weight excluding hydrogens is 298 g/mol. The molecule has 0 radical (unpaired) electrons. The zero-order valence-electron chi connectivity index (χ0n) is 12.7. The number of rotatable bonds is 4. The van der Waals surface area contributed by atoms with Gasteiger partial charge in [0, 0.05) is 29.8 Å². The van der Waals surface area contributed by atoms with Crippen LogP contribution in [-0.2, 0) is 16.6 Å². The highest BCUT2D eigenvalue weighted by Crippen LogP contribution is 2.51. The number of nitrogens with one attached hydrogen (secondary N) is 2. The molecule has 1 saturated heterocycles. The van der Waals surface area contributed by atoms with E-state index in [1.807, 2.05) is 12.4 Å². The van der Waals surface area contributed by atoms with Crippen molar-refractivity contribution < 1.29 is 4.74 Å². The van der Waals surface area contributed by atoms with E-state index in [4.69, 9.17) is 9.72 Å². The van der Waals surface area contributed by atoms with Gasteiger partial charge in [0.05, 0.1) is 9.88 Å². The number of hydrazine groups is 1. The van der Waals surface area contributed by atoms with Crippen molar-refractivity contribution in [2.45, 2.75) is 44.8 Å². The van der Waals surface area contributed by atoms with Crippen LogP contribution in [0.2, 0.25) is 0 Å². The fourth-order valence-electron chi connectivity index (χ4n) is 2.48. The van der Waals surface area contributed by atoms with Crippen molar-refractivity contribution in [2.75, 3.05) is 6.73 Å². The van der Waals surface area contributed by atoms with Crippen LogP contribution in [0.3, 0.4) is 0 Å². The molecule has 2 aromatic heterocycles. The molecule has 7 heteroatoms. The zero-order valence-corrected chi connectivity index (χ0v) is 13.5. The van der Waals surface area contributed by atoms with Crippen molar-refractivity contribution in [2.24, 2.45) is 0 Å². The van der Waals surface area contributed by atoms with E-state index in [0.717, 1.165) is 28.4 Å². The molecule has 4 rings (SSSR count). The number of ether oxygens (including phenoxy) is 1. The number of hydrogen-bond donors (Lipinski definition) is 2. The molecular formula is C15H19N5OS. The Bertz CT molecular complexity index is 674. The lowest BCUT2D eigenvalue weighted by Gasteiger charge is -2.08. The SMILES string of the molecule is CCc1ncc(-c2sc(C3(C)CC3)nc2C2NNCO2)cn1. The summed E-state index contributed by atoms with van der Waals surface area (Å²) in [6.07, 6.45) is 6.84. The smallest absolute Gasteiger partial charge is 0.166 e. The average Bonchev–Trinajstić information content (AvgIpc) is 3.01. The molecule has 2 aliphatic rings. The summed E-state index contributed by atoms with van der Waals surface area (Å²) in [6, 6.07) is 0. The maximum absolute atomic E-state index is 5.67. The molecule has 1 aliphatic heterocycles. The Hall–Kier alpha value is -1.41. The average molecular weight is 317 g/mol. The topological polar surface area (TPSA) is 72.0 Å². The van der Waals surface area contributed by atoms with Gasteiger partial charge < -0.3 is 4.74 Å². The Morgan fingerprint density at radius 3 is 2.73 bits per heavy atom. The van der Waals surface area contributed by atoms with E-state index in [1.54, 1.807) is 11.3 Å². The third kappa shape index (κ3) is 2.44. The van der Waals surface area contributed by atoms with Crippen LogP contribution in [0.1, 0.15) is 49.4 Å². The van der Waals surface area contributed by atoms with Gasteiger partial charge in [0.1, 0.15) is 18.2 Å². The summed E-state index contributed by atoms with van der Waals surface area (Å²) in [5, 5.41) is 1.19. The molecule has 1 atom stereocenters. The second kappa shape index (κ2) is 5.34. The molecule has 2 fully saturated rings. The molecule has 3 heterocycles. The highest BCUT2D eigenvalue weighted by atomic mass is 32.1. The Morgan fingerprint density at radius 2 is 2.14 bits per heavy atom. The van der Waals surface area contributed by atoms with E-state index >= 15 is 0 Å². The van der Waals surface area contributed by atoms with E-state index in [9.17, 15) is 0 Å². The van der Waals surface area contributed by atoms with Crippen molar-refractivity contribution in [3.63, 3.8) is 0 Å². The second-order valence-electron chi connectivity index (χ2n) is 6.05. The van der Waals surface area contributed by atoms with Crippen molar-refractivity contribution in [3.05, 3.63) is 28.9 Å². The van der Waals surface area contributed by atoms with Gasteiger partial charge >= 0.3 is 0 Å². The molecule has 6 nitrogen and oxygen atoms in total. The number of thiazole rings is 1. The van der Waals surface area contributed by atoms with Gasteiger partial charge in [0.2, 0.25) is 0 Å². The van der Waals surface area contributed by atoms with E-state index in [-0.39, 0.29) is 11.6 Å². The Balaban J connectivity index is 1.76. The largest absolute Gasteiger partial charge is 0.340 e. The van der Waals surface area contributed by atoms with Gasteiger partial charge in [-0.3, -0.25) is 0 Å². The minimum atomic E-state index is -0.215. The van der Waals surface area contributed by atoms with Gasteiger partial charge in [-0.1, -0.05) is 13.8 Å². The molecule has 1 aliphatic carbocycles. The van der Waals surface area contributed by atoms with E-state index < -0.39 is 0 Å². The lowest BCUT2D eigenvalue weighted by Crippen LogP contribution is -2.25. The van der Waals surface area contributed by atoms with Crippen molar-refractivity contribution in [3.8, 4) is 10.4 Å². The molecule has 0 spiro atoms. The van der Waals surface area contributed by atoms with Gasteiger partial charge in [-0.25, -0.2) is 25.8 Å². The summed E-state index contributed by atoms with van der Waals surface area (Å²) in [5.74, 6) is 0.862. The fourth-order valence-corrected chi connectivity index (χ4v) is 3.75. The molecule has 0 amide bonds. The van der Waals surface area contributed by atoms with Gasteiger partial charge in [0.25, 0.3) is 0 Å². The van der Waals surface area contributed by atoms with E-state index in [0.29, 0.717) is 6.73 Å². The van der Waals surface area contributed by atoms with Crippen LogP contribution in [0, 0.1) is 0 Å². The first-order valence-corrected chi connectivity index (χ1v) is 8.44. The third-order valence-corrected chi connectivity index (χ3v) is 5.68. The van der Waals surface area contributed by atoms with E-state index in [1.165, 1.54) is 17.8 Å². The van der Waals surface area contributed by atoms with Crippen LogP contribution in [0.4, 0.5) is 0 Å². The van der Waals surface area contributed by atoms with Gasteiger partial charge in [-0.2, -0.15) is 0 Å². The summed E-state index contributed by atoms with van der Waals surface area (Å²) in [7, 11) is 0. The molecule has 1 unspecified atom stereocenters. The minimum absolute atomic E-state index is 0.215. The van der Waals surface area contributed by atoms with Crippen molar-refractivity contribution in [1.82, 2.24) is 25.8 Å². The normalized spacial score (nSPS) is 22.9. The highest BCUT2D eigenvalue weighted by molar-refractivity contribution is 7.15. The quantitative estimate of drug-likeness (QED) is 0.901. The van der Waals surface area contributed by atoms with Crippen LogP contribution in [-0.4, -0.2) is 21.7 Å². The van der Waals surface area contributed by atoms with Crippen LogP contribution >= 0.6 is 11.3 Å². The lowest BCUT2D eigenvalue weighted by molar-refractivity contribution is 0.0978. The first-order chi connectivity index (χ1) is 10.7. The van der Waals surface area contributed by atoms with Crippen LogP contribution in [0.5, 0.6) is 0 Å². The van der Waals surface area contributed by atoms with Crippen molar-refractivity contribution in [1.29, 1.82) is 0 Å². The highest BCUT2D eigenvalue weighted by Gasteiger charge is 2.43. The predicted octanol–water partition coefficient (Wildman–Crippen LogP) is 2.29. The van der Waals surface area contributed by atoms with Crippen LogP contribution < -0.4 is 10.9 Å². The number of hydrogen-bond acceptors (Lipinski definition) is 7. The Morgan fingerprint density at radius 1 is 1.36 bits per heavy atom. The standard InChI is InChI=1S/C15H19N5OS/c1-3-10-16-6-9(7-17-10)12-11(13-20-18-8-21-13)19-14(22-12)15(2)4-5-15/h6-7,13,18,20H,3-5,8H2,1-2H3. The summed E-state index contributed by atoms with van der Waals surface area (Å²) in [4.78, 5) is 14.8. The fraction of sp³-hybridized carbons (Fsp3) is 0.533. The van der Waals surface area contributed by atoms with Gasteiger partial charge in [0.15, 0.2) is 6.23 Å². The Labute approximate surface area is 133 Å². The molecule has 22 heavy (non-hydrogen) atoms. The van der Waals surface area contributed by atoms with Crippen LogP contribution in [0.25, 0.3) is 10.4 Å². The number of aryl methyl sites for hydroxylation is 1. The summed E-state index contributed by atoms with van der Waals surface area (Å²) < 4.78 is 5.67. The third-order valence-electron chi connectivity index (χ3n) is 4.26. The van der Waals surface area contributed by atoms with Crippen molar-refractivity contribution >= 4 is 11.3 Å². The minimum Gasteiger partial charge on any atom is -0.340 e. The summed E-state index contributed by atoms with van der Waals surface area (Å²) >= 11 is 1.74. The van der Waals surface area contributed by atoms with E-state index in [2.05, 4.69) is 34.7 Å². The summed E-state index contributed by atoms with van der Waals surface area (Å²) in [5.41, 5.74) is 8.31. The molecule has 2 aromatic rings. The number of nitrogens with zero attached hydrogens (tertiary/aromatic N) is 3.